The molecular weight excluding hydrogens is 812 g/mol. The summed E-state index contributed by atoms with van der Waals surface area (Å²) < 4.78 is 7.10. The topological polar surface area (TPSA) is 49.7 Å². The van der Waals surface area contributed by atoms with E-state index in [2.05, 4.69) is 201 Å². The van der Waals surface area contributed by atoms with E-state index in [1.165, 1.54) is 38.9 Å². The third-order valence-corrected chi connectivity index (χ3v) is 14.2. The Balaban J connectivity index is 1.75. The van der Waals surface area contributed by atoms with Gasteiger partial charge in [-0.15, -0.1) is 7.92 Å². The second kappa shape index (κ2) is 20.8. The molecule has 344 valence electrons. The molecule has 4 heteroatoms. The summed E-state index contributed by atoms with van der Waals surface area (Å²) in [4.78, 5) is 0. The fourth-order valence-corrected chi connectivity index (χ4v) is 9.85. The summed E-state index contributed by atoms with van der Waals surface area (Å²) >= 11 is 0. The van der Waals surface area contributed by atoms with E-state index in [4.69, 9.17) is 4.74 Å². The van der Waals surface area contributed by atoms with E-state index in [1.807, 2.05) is 0 Å². The zero-order chi connectivity index (χ0) is 47.6. The highest BCUT2D eigenvalue weighted by atomic mass is 31.1. The number of ether oxygens (including phenoxy) is 1. The van der Waals surface area contributed by atoms with Crippen molar-refractivity contribution in [1.82, 2.24) is 0 Å². The Bertz CT molecular complexity index is 2420. The zero-order valence-electron chi connectivity index (χ0n) is 42.5. The third kappa shape index (κ3) is 10.9. The van der Waals surface area contributed by atoms with Gasteiger partial charge < -0.3 is 14.9 Å². The Labute approximate surface area is 394 Å². The highest BCUT2D eigenvalue weighted by molar-refractivity contribution is 7.56. The standard InChI is InChI=1S/C61H77O3P/c1-35(2)45-31-47(37(5)6)57(48(32-45)38(7)8)55-26-41(13)24-51(59(55)62)53-29-44(28-43-20-18-17-19-21-43)30-54(61(53)64-22-23-65(15)16)52-25-42(14)27-56(60(52)63)58-49(39(9)10)33-46(36(3)4)34-50(58)40(11)12/h17-21,24-27,29-40,62-63H,22-23,28H2,1-16H3. The van der Waals surface area contributed by atoms with Crippen LogP contribution in [0.4, 0.5) is 0 Å². The Kier molecular flexibility index (Phi) is 15.8. The smallest absolute Gasteiger partial charge is 0.135 e. The minimum Gasteiger partial charge on any atom is -0.507 e. The minimum atomic E-state index is -0.237. The van der Waals surface area contributed by atoms with Crippen LogP contribution in [-0.2, 0) is 6.42 Å². The van der Waals surface area contributed by atoms with Crippen LogP contribution in [0.25, 0.3) is 44.5 Å². The largest absolute Gasteiger partial charge is 0.507 e. The number of phenols is 2. The molecule has 65 heavy (non-hydrogen) atoms. The number of benzene rings is 6. The van der Waals surface area contributed by atoms with Gasteiger partial charge in [0.05, 0.1) is 6.61 Å². The number of aromatic hydroxyl groups is 2. The number of phenolic OH excluding ortho intramolecular Hbond substituents is 2. The van der Waals surface area contributed by atoms with Gasteiger partial charge in [0.1, 0.15) is 17.2 Å². The number of hydrogen-bond donors (Lipinski definition) is 2. The molecule has 0 atom stereocenters. The first-order chi connectivity index (χ1) is 30.7. The van der Waals surface area contributed by atoms with Crippen LogP contribution in [0.15, 0.2) is 91.0 Å². The summed E-state index contributed by atoms with van der Waals surface area (Å²) in [5, 5.41) is 26.0. The predicted octanol–water partition coefficient (Wildman–Crippen LogP) is 17.8. The lowest BCUT2D eigenvalue weighted by Gasteiger charge is -2.26. The first-order valence-electron chi connectivity index (χ1n) is 24.2. The monoisotopic (exact) mass is 889 g/mol. The molecule has 0 aliphatic carbocycles. The van der Waals surface area contributed by atoms with E-state index < -0.39 is 0 Å². The number of aryl methyl sites for hydroxylation is 2. The van der Waals surface area contributed by atoms with Crippen molar-refractivity contribution in [3.05, 3.63) is 147 Å². The van der Waals surface area contributed by atoms with E-state index >= 15 is 0 Å². The fourth-order valence-electron chi connectivity index (χ4n) is 9.39. The molecule has 2 N–H and O–H groups in total. The Hall–Kier alpha value is -4.85. The van der Waals surface area contributed by atoms with Crippen LogP contribution in [0.5, 0.6) is 17.2 Å². The van der Waals surface area contributed by atoms with Crippen LogP contribution in [0.1, 0.15) is 174 Å². The van der Waals surface area contributed by atoms with Gasteiger partial charge in [-0.05, 0) is 172 Å². The lowest BCUT2D eigenvalue weighted by Crippen LogP contribution is -2.07. The fraction of sp³-hybridized carbons (Fsp3) is 0.410. The van der Waals surface area contributed by atoms with Crippen molar-refractivity contribution < 1.29 is 14.9 Å². The van der Waals surface area contributed by atoms with E-state index in [1.54, 1.807) is 0 Å². The third-order valence-electron chi connectivity index (χ3n) is 13.1. The van der Waals surface area contributed by atoms with Crippen molar-refractivity contribution in [2.24, 2.45) is 0 Å². The van der Waals surface area contributed by atoms with Gasteiger partial charge in [-0.25, -0.2) is 0 Å². The first kappa shape index (κ1) is 49.6. The molecule has 0 aromatic heterocycles. The molecule has 6 rings (SSSR count). The van der Waals surface area contributed by atoms with E-state index in [-0.39, 0.29) is 43.1 Å². The van der Waals surface area contributed by atoms with Crippen LogP contribution in [-0.4, -0.2) is 36.3 Å². The molecule has 0 bridgehead atoms. The molecule has 0 saturated carbocycles. The summed E-state index contributed by atoms with van der Waals surface area (Å²) in [5.41, 5.74) is 19.1. The van der Waals surface area contributed by atoms with Crippen LogP contribution in [0, 0.1) is 13.8 Å². The Morgan fingerprint density at radius 1 is 0.446 bits per heavy atom. The molecule has 6 aromatic rings. The van der Waals surface area contributed by atoms with Gasteiger partial charge in [0.15, 0.2) is 0 Å². The molecule has 3 nitrogen and oxygen atoms in total. The number of hydrogen-bond acceptors (Lipinski definition) is 3. The van der Waals surface area contributed by atoms with E-state index in [0.717, 1.165) is 67.4 Å². The summed E-state index contributed by atoms with van der Waals surface area (Å²) in [6.45, 7) is 36.5. The van der Waals surface area contributed by atoms with Crippen molar-refractivity contribution in [3.63, 3.8) is 0 Å². The summed E-state index contributed by atoms with van der Waals surface area (Å²) in [6.07, 6.45) is 1.60. The van der Waals surface area contributed by atoms with Crippen molar-refractivity contribution in [1.29, 1.82) is 0 Å². The molecule has 0 aliphatic heterocycles. The average molecular weight is 889 g/mol. The minimum absolute atomic E-state index is 0.237. The molecule has 6 aromatic carbocycles. The maximum Gasteiger partial charge on any atom is 0.135 e. The maximum atomic E-state index is 13.0. The molecule has 0 spiro atoms. The first-order valence-corrected chi connectivity index (χ1v) is 26.6. The van der Waals surface area contributed by atoms with Gasteiger partial charge in [0.2, 0.25) is 0 Å². The maximum absolute atomic E-state index is 13.0. The van der Waals surface area contributed by atoms with Gasteiger partial charge in [0.25, 0.3) is 0 Å². The number of rotatable bonds is 16. The SMILES string of the molecule is Cc1cc(-c2cc(Cc3ccccc3)cc(-c3cc(C)cc(-c4c(C(C)C)cc(C(C)C)cc4C(C)C)c3O)c2OCCP(C)C)c(O)c(-c2c(C(C)C)cc(C(C)C)cc2C(C)C)c1. The molecule has 0 unspecified atom stereocenters. The van der Waals surface area contributed by atoms with Crippen LogP contribution in [0.3, 0.4) is 0 Å². The second-order valence-electron chi connectivity index (χ2n) is 20.8. The van der Waals surface area contributed by atoms with Crippen molar-refractivity contribution in [3.8, 4) is 61.8 Å². The summed E-state index contributed by atoms with van der Waals surface area (Å²) in [6, 6.07) is 33.1. The zero-order valence-corrected chi connectivity index (χ0v) is 43.4. The molecule has 0 amide bonds. The van der Waals surface area contributed by atoms with Gasteiger partial charge in [0, 0.05) is 39.5 Å². The van der Waals surface area contributed by atoms with Gasteiger partial charge in [-0.1, -0.05) is 138 Å². The summed E-state index contributed by atoms with van der Waals surface area (Å²) in [7, 11) is -0.237. The normalized spacial score (nSPS) is 12.0. The van der Waals surface area contributed by atoms with Gasteiger partial charge in [-0.3, -0.25) is 0 Å². The molecular formula is C61H77O3P. The predicted molar refractivity (Wildman–Crippen MR) is 284 cm³/mol. The molecule has 0 heterocycles. The second-order valence-corrected chi connectivity index (χ2v) is 23.4. The van der Waals surface area contributed by atoms with Crippen molar-refractivity contribution in [2.45, 2.75) is 139 Å². The van der Waals surface area contributed by atoms with E-state index in [0.29, 0.717) is 30.6 Å². The molecule has 0 aliphatic rings. The average Bonchev–Trinajstić information content (AvgIpc) is 3.24. The lowest BCUT2D eigenvalue weighted by molar-refractivity contribution is 0.345. The lowest BCUT2D eigenvalue weighted by atomic mass is 9.80. The summed E-state index contributed by atoms with van der Waals surface area (Å²) in [5.74, 6) is 2.92. The molecule has 0 radical (unpaired) electrons. The van der Waals surface area contributed by atoms with Crippen LogP contribution < -0.4 is 4.74 Å². The van der Waals surface area contributed by atoms with Crippen LogP contribution >= 0.6 is 7.92 Å². The highest BCUT2D eigenvalue weighted by Crippen LogP contribution is 2.53. The molecule has 0 saturated heterocycles. The van der Waals surface area contributed by atoms with Crippen molar-refractivity contribution in [2.75, 3.05) is 26.1 Å². The Morgan fingerprint density at radius 2 is 0.815 bits per heavy atom. The molecule has 0 fully saturated rings. The van der Waals surface area contributed by atoms with Crippen LogP contribution in [0.2, 0.25) is 0 Å². The van der Waals surface area contributed by atoms with Gasteiger partial charge >= 0.3 is 0 Å². The van der Waals surface area contributed by atoms with E-state index in [9.17, 15) is 10.2 Å². The Morgan fingerprint density at radius 3 is 1.15 bits per heavy atom. The van der Waals surface area contributed by atoms with Crippen molar-refractivity contribution >= 4 is 7.92 Å². The quantitative estimate of drug-likeness (QED) is 0.0952. The highest BCUT2D eigenvalue weighted by Gasteiger charge is 2.28. The van der Waals surface area contributed by atoms with Gasteiger partial charge in [-0.2, -0.15) is 0 Å².